The molecule has 0 spiro atoms. The van der Waals surface area contributed by atoms with Crippen LogP contribution in [0.3, 0.4) is 0 Å². The molecule has 2 heteroatoms. The van der Waals surface area contributed by atoms with Crippen molar-refractivity contribution in [2.24, 2.45) is 11.3 Å². The summed E-state index contributed by atoms with van der Waals surface area (Å²) in [4.78, 5) is 0. The normalized spacial score (nSPS) is 27.3. The van der Waals surface area contributed by atoms with Gasteiger partial charge in [0, 0.05) is 5.92 Å². The molecular formula is C16H27NO. The summed E-state index contributed by atoms with van der Waals surface area (Å²) in [6, 6.07) is 4.17. The van der Waals surface area contributed by atoms with Gasteiger partial charge in [0.1, 0.15) is 5.76 Å². The van der Waals surface area contributed by atoms with Crippen molar-refractivity contribution in [2.45, 2.75) is 52.4 Å². The van der Waals surface area contributed by atoms with Gasteiger partial charge in [-0.25, -0.2) is 0 Å². The maximum absolute atomic E-state index is 5.68. The fourth-order valence-corrected chi connectivity index (χ4v) is 3.19. The van der Waals surface area contributed by atoms with E-state index in [2.05, 4.69) is 32.2 Å². The Morgan fingerprint density at radius 1 is 1.44 bits per heavy atom. The first-order chi connectivity index (χ1) is 8.62. The van der Waals surface area contributed by atoms with Crippen LogP contribution in [0.2, 0.25) is 0 Å². The number of nitrogens with one attached hydrogen (secondary N) is 1. The molecule has 0 radical (unpaired) electrons. The summed E-state index contributed by atoms with van der Waals surface area (Å²) in [6.07, 6.45) is 6.92. The summed E-state index contributed by atoms with van der Waals surface area (Å²) in [5, 5.41) is 3.58. The minimum Gasteiger partial charge on any atom is -0.469 e. The summed E-state index contributed by atoms with van der Waals surface area (Å²) < 4.78 is 5.68. The zero-order valence-corrected chi connectivity index (χ0v) is 12.0. The third kappa shape index (κ3) is 3.38. The van der Waals surface area contributed by atoms with Crippen molar-refractivity contribution < 1.29 is 4.42 Å². The minimum atomic E-state index is 0.457. The fraction of sp³-hybridized carbons (Fsp3) is 0.750. The molecule has 0 saturated heterocycles. The second kappa shape index (κ2) is 5.92. The number of hydrogen-bond donors (Lipinski definition) is 1. The predicted octanol–water partition coefficient (Wildman–Crippen LogP) is 4.19. The highest BCUT2D eigenvalue weighted by Crippen LogP contribution is 2.46. The molecule has 1 aliphatic carbocycles. The Morgan fingerprint density at radius 2 is 2.28 bits per heavy atom. The van der Waals surface area contributed by atoms with E-state index in [1.165, 1.54) is 31.4 Å². The van der Waals surface area contributed by atoms with Crippen LogP contribution in [0.5, 0.6) is 0 Å². The summed E-state index contributed by atoms with van der Waals surface area (Å²) in [6.45, 7) is 9.26. The first-order valence-electron chi connectivity index (χ1n) is 7.36. The van der Waals surface area contributed by atoms with E-state index in [0.29, 0.717) is 11.3 Å². The van der Waals surface area contributed by atoms with Crippen LogP contribution in [-0.4, -0.2) is 13.1 Å². The number of furan rings is 1. The van der Waals surface area contributed by atoms with Crippen molar-refractivity contribution in [2.75, 3.05) is 13.1 Å². The second-order valence-corrected chi connectivity index (χ2v) is 6.49. The highest BCUT2D eigenvalue weighted by atomic mass is 16.3. The van der Waals surface area contributed by atoms with Crippen LogP contribution in [0, 0.1) is 11.3 Å². The maximum atomic E-state index is 5.68. The molecule has 1 aromatic heterocycles. The zero-order chi connectivity index (χ0) is 13.0. The second-order valence-electron chi connectivity index (χ2n) is 6.49. The summed E-state index contributed by atoms with van der Waals surface area (Å²) >= 11 is 0. The molecule has 1 fully saturated rings. The van der Waals surface area contributed by atoms with E-state index < -0.39 is 0 Å². The number of hydrogen-bond acceptors (Lipinski definition) is 2. The molecule has 0 amide bonds. The van der Waals surface area contributed by atoms with E-state index in [1.807, 2.05) is 12.3 Å². The Labute approximate surface area is 111 Å². The lowest BCUT2D eigenvalue weighted by molar-refractivity contribution is 0.146. The Morgan fingerprint density at radius 3 is 2.94 bits per heavy atom. The Kier molecular flexibility index (Phi) is 4.50. The highest BCUT2D eigenvalue weighted by molar-refractivity contribution is 5.10. The van der Waals surface area contributed by atoms with Crippen molar-refractivity contribution in [3.63, 3.8) is 0 Å². The van der Waals surface area contributed by atoms with E-state index in [9.17, 15) is 0 Å². The lowest BCUT2D eigenvalue weighted by Gasteiger charge is -2.40. The quantitative estimate of drug-likeness (QED) is 0.792. The highest BCUT2D eigenvalue weighted by Gasteiger charge is 2.36. The predicted molar refractivity (Wildman–Crippen MR) is 75.7 cm³/mol. The third-order valence-electron chi connectivity index (χ3n) is 4.28. The Hall–Kier alpha value is -0.760. The van der Waals surface area contributed by atoms with E-state index in [4.69, 9.17) is 4.42 Å². The van der Waals surface area contributed by atoms with Gasteiger partial charge < -0.3 is 9.73 Å². The van der Waals surface area contributed by atoms with Gasteiger partial charge in [-0.15, -0.1) is 0 Å². The molecule has 2 atom stereocenters. The van der Waals surface area contributed by atoms with Crippen molar-refractivity contribution in [3.8, 4) is 0 Å². The van der Waals surface area contributed by atoms with E-state index in [0.717, 1.165) is 19.0 Å². The average molecular weight is 249 g/mol. The molecule has 2 rings (SSSR count). The third-order valence-corrected chi connectivity index (χ3v) is 4.28. The van der Waals surface area contributed by atoms with Crippen LogP contribution in [0.15, 0.2) is 22.8 Å². The monoisotopic (exact) mass is 249 g/mol. The molecule has 102 valence electrons. The lowest BCUT2D eigenvalue weighted by Crippen LogP contribution is -2.34. The first kappa shape index (κ1) is 13.7. The largest absolute Gasteiger partial charge is 0.469 e. The van der Waals surface area contributed by atoms with E-state index >= 15 is 0 Å². The van der Waals surface area contributed by atoms with Crippen LogP contribution < -0.4 is 5.32 Å². The van der Waals surface area contributed by atoms with Gasteiger partial charge in [0.25, 0.3) is 0 Å². The minimum absolute atomic E-state index is 0.457. The van der Waals surface area contributed by atoms with Crippen LogP contribution in [0.1, 0.15) is 58.1 Å². The fourth-order valence-electron chi connectivity index (χ4n) is 3.19. The van der Waals surface area contributed by atoms with Crippen molar-refractivity contribution in [3.05, 3.63) is 24.2 Å². The van der Waals surface area contributed by atoms with E-state index in [1.54, 1.807) is 0 Å². The van der Waals surface area contributed by atoms with Crippen molar-refractivity contribution >= 4 is 0 Å². The topological polar surface area (TPSA) is 25.2 Å². The maximum Gasteiger partial charge on any atom is 0.107 e. The molecule has 1 heterocycles. The molecule has 0 aliphatic heterocycles. The molecule has 0 aromatic carbocycles. The van der Waals surface area contributed by atoms with E-state index in [-0.39, 0.29) is 0 Å². The molecule has 18 heavy (non-hydrogen) atoms. The lowest BCUT2D eigenvalue weighted by atomic mass is 9.66. The summed E-state index contributed by atoms with van der Waals surface area (Å²) in [5.41, 5.74) is 0.457. The SMILES string of the molecule is CCCNCC1CCC(C)(C)CC1c1ccco1. The molecule has 2 nitrogen and oxygen atoms in total. The number of rotatable bonds is 5. The smallest absolute Gasteiger partial charge is 0.107 e. The average Bonchev–Trinajstić information content (AvgIpc) is 2.84. The van der Waals surface area contributed by atoms with Gasteiger partial charge in [0.15, 0.2) is 0 Å². The van der Waals surface area contributed by atoms with Gasteiger partial charge in [-0.05, 0) is 62.2 Å². The molecule has 1 N–H and O–H groups in total. The van der Waals surface area contributed by atoms with Gasteiger partial charge in [0.05, 0.1) is 6.26 Å². The summed E-state index contributed by atoms with van der Waals surface area (Å²) in [5.74, 6) is 2.51. The molecule has 1 saturated carbocycles. The molecule has 2 unspecified atom stereocenters. The van der Waals surface area contributed by atoms with Gasteiger partial charge in [-0.2, -0.15) is 0 Å². The van der Waals surface area contributed by atoms with Gasteiger partial charge in [0.2, 0.25) is 0 Å². The molecular weight excluding hydrogens is 222 g/mol. The van der Waals surface area contributed by atoms with Crippen LogP contribution in [0.4, 0.5) is 0 Å². The Balaban J connectivity index is 2.03. The van der Waals surface area contributed by atoms with Crippen LogP contribution in [-0.2, 0) is 0 Å². The molecule has 0 bridgehead atoms. The zero-order valence-electron chi connectivity index (χ0n) is 12.0. The van der Waals surface area contributed by atoms with Gasteiger partial charge in [-0.1, -0.05) is 20.8 Å². The molecule has 1 aromatic rings. The molecule has 1 aliphatic rings. The van der Waals surface area contributed by atoms with Crippen molar-refractivity contribution in [1.29, 1.82) is 0 Å². The first-order valence-corrected chi connectivity index (χ1v) is 7.36. The summed E-state index contributed by atoms with van der Waals surface area (Å²) in [7, 11) is 0. The standard InChI is InChI=1S/C16H27NO/c1-4-9-17-12-13-7-8-16(2,3)11-14(13)15-6-5-10-18-15/h5-6,10,13-14,17H,4,7-9,11-12H2,1-3H3. The van der Waals surface area contributed by atoms with Crippen molar-refractivity contribution in [1.82, 2.24) is 5.32 Å². The van der Waals surface area contributed by atoms with Crippen LogP contribution >= 0.6 is 0 Å². The van der Waals surface area contributed by atoms with Gasteiger partial charge in [-0.3, -0.25) is 0 Å². The Bertz CT molecular complexity index is 342. The van der Waals surface area contributed by atoms with Crippen LogP contribution in [0.25, 0.3) is 0 Å². The van der Waals surface area contributed by atoms with Gasteiger partial charge >= 0.3 is 0 Å².